The van der Waals surface area contributed by atoms with E-state index in [1.54, 1.807) is 12.1 Å². The number of alkyl halides is 2. The van der Waals surface area contributed by atoms with Gasteiger partial charge in [0.15, 0.2) is 17.5 Å². The van der Waals surface area contributed by atoms with Gasteiger partial charge < -0.3 is 4.74 Å². The van der Waals surface area contributed by atoms with Gasteiger partial charge in [0, 0.05) is 17.7 Å². The van der Waals surface area contributed by atoms with Crippen LogP contribution in [0, 0.1) is 34.9 Å². The molecule has 5 aromatic rings. The number of rotatable bonds is 6. The maximum atomic E-state index is 15.0. The maximum absolute atomic E-state index is 15.0. The minimum Gasteiger partial charge on any atom is -0.429 e. The second kappa shape index (κ2) is 10.5. The maximum Gasteiger partial charge on any atom is 0.432 e. The van der Waals surface area contributed by atoms with E-state index >= 15 is 4.39 Å². The van der Waals surface area contributed by atoms with Crippen molar-refractivity contribution in [3.63, 3.8) is 0 Å². The summed E-state index contributed by atoms with van der Waals surface area (Å²) in [6, 6.07) is 21.9. The van der Waals surface area contributed by atoms with Crippen LogP contribution in [0.4, 0.5) is 35.1 Å². The van der Waals surface area contributed by atoms with E-state index in [0.717, 1.165) is 17.2 Å². The minimum atomic E-state index is -4.75. The molecule has 0 aliphatic carbocycles. The van der Waals surface area contributed by atoms with Crippen molar-refractivity contribution in [3.05, 3.63) is 138 Å². The molecule has 0 atom stereocenters. The fourth-order valence-corrected chi connectivity index (χ4v) is 4.21. The molecule has 0 amide bonds. The summed E-state index contributed by atoms with van der Waals surface area (Å²) in [6.07, 6.45) is -4.75. The molecule has 40 heavy (non-hydrogen) atoms. The van der Waals surface area contributed by atoms with Crippen molar-refractivity contribution < 1.29 is 39.9 Å². The van der Waals surface area contributed by atoms with Crippen LogP contribution in [0.15, 0.2) is 97.1 Å². The van der Waals surface area contributed by atoms with Crippen molar-refractivity contribution in [2.24, 2.45) is 0 Å². The molecule has 0 saturated heterocycles. The van der Waals surface area contributed by atoms with E-state index in [1.165, 1.54) is 12.1 Å². The highest BCUT2D eigenvalue weighted by molar-refractivity contribution is 5.74. The standard InChI is InChI=1S/C31H16F8O/c32-24-12-20(19-8-6-18(7-9-19)17-4-2-1-3-5-17)10-11-23(24)21-13-25(33)29(26(34)14-21)31(38,39)40-22-15-27(35)30(37)28(36)16-22/h1-16H. The van der Waals surface area contributed by atoms with E-state index in [-0.39, 0.29) is 23.3 Å². The quantitative estimate of drug-likeness (QED) is 0.150. The highest BCUT2D eigenvalue weighted by Gasteiger charge is 2.41. The van der Waals surface area contributed by atoms with E-state index in [0.29, 0.717) is 23.3 Å². The van der Waals surface area contributed by atoms with Gasteiger partial charge in [0.25, 0.3) is 0 Å². The van der Waals surface area contributed by atoms with Crippen LogP contribution in [0.5, 0.6) is 5.75 Å². The molecule has 202 valence electrons. The van der Waals surface area contributed by atoms with Gasteiger partial charge in [-0.2, -0.15) is 8.78 Å². The summed E-state index contributed by atoms with van der Waals surface area (Å²) in [5.74, 6) is -11.3. The molecule has 0 spiro atoms. The Morgan fingerprint density at radius 3 is 1.48 bits per heavy atom. The molecule has 5 rings (SSSR count). The molecule has 0 heterocycles. The van der Waals surface area contributed by atoms with Gasteiger partial charge in [0.05, 0.1) is 0 Å². The summed E-state index contributed by atoms with van der Waals surface area (Å²) in [7, 11) is 0. The Labute approximate surface area is 222 Å². The lowest BCUT2D eigenvalue weighted by molar-refractivity contribution is -0.189. The number of ether oxygens (including phenoxy) is 1. The van der Waals surface area contributed by atoms with Gasteiger partial charge in [0.2, 0.25) is 0 Å². The average Bonchev–Trinajstić information content (AvgIpc) is 2.91. The van der Waals surface area contributed by atoms with E-state index in [1.807, 2.05) is 42.5 Å². The predicted octanol–water partition coefficient (Wildman–Crippen LogP) is 9.65. The number of halogens is 8. The number of benzene rings is 5. The van der Waals surface area contributed by atoms with Crippen LogP contribution in [0.2, 0.25) is 0 Å². The van der Waals surface area contributed by atoms with Gasteiger partial charge in [-0.05, 0) is 46.0 Å². The van der Waals surface area contributed by atoms with Crippen LogP contribution in [0.3, 0.4) is 0 Å². The summed E-state index contributed by atoms with van der Waals surface area (Å²) >= 11 is 0. The van der Waals surface area contributed by atoms with Gasteiger partial charge in [-0.1, -0.05) is 66.7 Å². The Hall–Kier alpha value is -4.66. The second-order valence-corrected chi connectivity index (χ2v) is 8.77. The van der Waals surface area contributed by atoms with Gasteiger partial charge in [-0.3, -0.25) is 0 Å². The number of hydrogen-bond donors (Lipinski definition) is 0. The Kier molecular flexibility index (Phi) is 7.06. The van der Waals surface area contributed by atoms with E-state index in [4.69, 9.17) is 0 Å². The van der Waals surface area contributed by atoms with Crippen molar-refractivity contribution in [1.82, 2.24) is 0 Å². The molecule has 0 N–H and O–H groups in total. The highest BCUT2D eigenvalue weighted by atomic mass is 19.3. The lowest BCUT2D eigenvalue weighted by atomic mass is 9.97. The topological polar surface area (TPSA) is 9.23 Å². The third kappa shape index (κ3) is 5.27. The van der Waals surface area contributed by atoms with Crippen molar-refractivity contribution in [2.45, 2.75) is 6.11 Å². The van der Waals surface area contributed by atoms with Crippen molar-refractivity contribution in [2.75, 3.05) is 0 Å². The molecule has 9 heteroatoms. The summed E-state index contributed by atoms with van der Waals surface area (Å²) < 4.78 is 118. The summed E-state index contributed by atoms with van der Waals surface area (Å²) in [4.78, 5) is 0. The molecular weight excluding hydrogens is 540 g/mol. The number of hydrogen-bond acceptors (Lipinski definition) is 1. The SMILES string of the molecule is Fc1cc(-c2ccc(-c3ccccc3)cc2)ccc1-c1cc(F)c(C(F)(F)Oc2cc(F)c(F)c(F)c2)c(F)c1. The third-order valence-electron chi connectivity index (χ3n) is 6.14. The minimum absolute atomic E-state index is 0.0998. The first-order valence-corrected chi connectivity index (χ1v) is 11.7. The zero-order valence-corrected chi connectivity index (χ0v) is 20.2. The molecule has 0 aliphatic heterocycles. The monoisotopic (exact) mass is 556 g/mol. The molecule has 0 bridgehead atoms. The molecule has 0 saturated carbocycles. The van der Waals surface area contributed by atoms with Crippen LogP contribution >= 0.6 is 0 Å². The largest absolute Gasteiger partial charge is 0.432 e. The molecule has 1 nitrogen and oxygen atoms in total. The van der Waals surface area contributed by atoms with Crippen LogP contribution in [0.1, 0.15) is 5.56 Å². The van der Waals surface area contributed by atoms with Crippen LogP contribution in [0.25, 0.3) is 33.4 Å². The van der Waals surface area contributed by atoms with Crippen LogP contribution < -0.4 is 4.74 Å². The Morgan fingerprint density at radius 2 is 0.925 bits per heavy atom. The van der Waals surface area contributed by atoms with Crippen LogP contribution in [-0.4, -0.2) is 0 Å². The molecule has 0 fully saturated rings. The summed E-state index contributed by atoms with van der Waals surface area (Å²) in [5.41, 5.74) is 0.564. The van der Waals surface area contributed by atoms with Gasteiger partial charge in [-0.15, -0.1) is 0 Å². The lowest BCUT2D eigenvalue weighted by Crippen LogP contribution is -2.25. The molecule has 0 radical (unpaired) electrons. The molecule has 0 unspecified atom stereocenters. The van der Waals surface area contributed by atoms with Gasteiger partial charge in [0.1, 0.15) is 28.8 Å². The summed E-state index contributed by atoms with van der Waals surface area (Å²) in [6.45, 7) is 0. The third-order valence-corrected chi connectivity index (χ3v) is 6.14. The normalized spacial score (nSPS) is 11.5. The molecule has 0 aromatic heterocycles. The Bertz CT molecular complexity index is 1650. The van der Waals surface area contributed by atoms with E-state index in [2.05, 4.69) is 4.74 Å². The smallest absolute Gasteiger partial charge is 0.429 e. The summed E-state index contributed by atoms with van der Waals surface area (Å²) in [5, 5.41) is 0. The first kappa shape index (κ1) is 26.9. The predicted molar refractivity (Wildman–Crippen MR) is 133 cm³/mol. The first-order chi connectivity index (χ1) is 19.0. The highest BCUT2D eigenvalue weighted by Crippen LogP contribution is 2.38. The van der Waals surface area contributed by atoms with Crippen molar-refractivity contribution in [3.8, 4) is 39.1 Å². The first-order valence-electron chi connectivity index (χ1n) is 11.7. The zero-order chi connectivity index (χ0) is 28.6. The van der Waals surface area contributed by atoms with Crippen LogP contribution in [-0.2, 0) is 6.11 Å². The zero-order valence-electron chi connectivity index (χ0n) is 20.2. The van der Waals surface area contributed by atoms with Crippen molar-refractivity contribution in [1.29, 1.82) is 0 Å². The Balaban J connectivity index is 1.42. The van der Waals surface area contributed by atoms with Gasteiger partial charge in [-0.25, -0.2) is 26.3 Å². The van der Waals surface area contributed by atoms with Gasteiger partial charge >= 0.3 is 6.11 Å². The lowest BCUT2D eigenvalue weighted by Gasteiger charge is -2.20. The fourth-order valence-electron chi connectivity index (χ4n) is 4.21. The average molecular weight is 556 g/mol. The Morgan fingerprint density at radius 1 is 0.450 bits per heavy atom. The van der Waals surface area contributed by atoms with E-state index in [9.17, 15) is 30.7 Å². The molecule has 5 aromatic carbocycles. The van der Waals surface area contributed by atoms with Crippen molar-refractivity contribution >= 4 is 0 Å². The molecular formula is C31H16F8O. The van der Waals surface area contributed by atoms with E-state index < -0.39 is 52.3 Å². The molecule has 0 aliphatic rings. The second-order valence-electron chi connectivity index (χ2n) is 8.77. The fraction of sp³-hybridized carbons (Fsp3) is 0.0323.